The highest BCUT2D eigenvalue weighted by molar-refractivity contribution is 5.94. The zero-order valence-corrected chi connectivity index (χ0v) is 14.7. The Kier molecular flexibility index (Phi) is 5.63. The van der Waals surface area contributed by atoms with Gasteiger partial charge in [-0.25, -0.2) is 9.78 Å². The number of aromatic nitrogens is 1. The molecule has 1 aromatic heterocycles. The van der Waals surface area contributed by atoms with Crippen LogP contribution in [0.4, 0.5) is 0 Å². The molecule has 1 amide bonds. The van der Waals surface area contributed by atoms with Gasteiger partial charge in [-0.1, -0.05) is 30.3 Å². The van der Waals surface area contributed by atoms with Crippen LogP contribution in [0.2, 0.25) is 0 Å². The maximum absolute atomic E-state index is 12.4. The van der Waals surface area contributed by atoms with Gasteiger partial charge in [-0.2, -0.15) is 0 Å². The van der Waals surface area contributed by atoms with Crippen molar-refractivity contribution in [1.29, 1.82) is 0 Å². The van der Waals surface area contributed by atoms with Crippen LogP contribution in [0.25, 0.3) is 0 Å². The molecular weight excluding hydrogens is 332 g/mol. The molecule has 2 aromatic rings. The van der Waals surface area contributed by atoms with Gasteiger partial charge in [-0.15, -0.1) is 0 Å². The number of hydrogen-bond acceptors (Lipinski definition) is 4. The first kappa shape index (κ1) is 18.1. The topological polar surface area (TPSA) is 79.7 Å². The lowest BCUT2D eigenvalue weighted by Gasteiger charge is -2.38. The number of pyridine rings is 1. The first-order valence-corrected chi connectivity index (χ1v) is 8.70. The molecule has 0 bridgehead atoms. The average Bonchev–Trinajstić information content (AvgIpc) is 2.60. The second-order valence-corrected chi connectivity index (χ2v) is 6.43. The fourth-order valence-corrected chi connectivity index (χ4v) is 2.95. The Balaban J connectivity index is 1.41. The largest absolute Gasteiger partial charge is 0.478 e. The molecule has 6 heteroatoms. The van der Waals surface area contributed by atoms with Crippen molar-refractivity contribution in [3.63, 3.8) is 0 Å². The number of hydrogen-bond donors (Lipinski definition) is 1. The van der Waals surface area contributed by atoms with Crippen molar-refractivity contribution in [2.75, 3.05) is 19.7 Å². The maximum atomic E-state index is 12.4. The van der Waals surface area contributed by atoms with Crippen molar-refractivity contribution in [2.24, 2.45) is 0 Å². The van der Waals surface area contributed by atoms with Gasteiger partial charge in [0.05, 0.1) is 17.4 Å². The van der Waals surface area contributed by atoms with Gasteiger partial charge in [0.1, 0.15) is 5.69 Å². The van der Waals surface area contributed by atoms with Gasteiger partial charge in [-0.3, -0.25) is 4.79 Å². The van der Waals surface area contributed by atoms with E-state index >= 15 is 0 Å². The summed E-state index contributed by atoms with van der Waals surface area (Å²) in [6, 6.07) is 13.2. The van der Waals surface area contributed by atoms with E-state index in [-0.39, 0.29) is 23.3 Å². The van der Waals surface area contributed by atoms with Crippen LogP contribution in [0.3, 0.4) is 0 Å². The first-order chi connectivity index (χ1) is 12.5. The molecule has 1 N–H and O–H groups in total. The Labute approximate surface area is 152 Å². The zero-order chi connectivity index (χ0) is 18.5. The van der Waals surface area contributed by atoms with Gasteiger partial charge in [-0.05, 0) is 37.5 Å². The molecule has 26 heavy (non-hydrogen) atoms. The van der Waals surface area contributed by atoms with Crippen molar-refractivity contribution < 1.29 is 19.4 Å². The number of carbonyl (C=O) groups excluding carboxylic acids is 1. The molecule has 1 fully saturated rings. The third-order valence-corrected chi connectivity index (χ3v) is 4.48. The van der Waals surface area contributed by atoms with Gasteiger partial charge in [0.25, 0.3) is 5.91 Å². The minimum absolute atomic E-state index is 0.0640. The molecule has 6 nitrogen and oxygen atoms in total. The second kappa shape index (κ2) is 8.10. The fourth-order valence-electron chi connectivity index (χ4n) is 2.95. The van der Waals surface area contributed by atoms with Crippen LogP contribution in [-0.2, 0) is 11.2 Å². The maximum Gasteiger partial charge on any atom is 0.337 e. The molecule has 3 rings (SSSR count). The van der Waals surface area contributed by atoms with E-state index < -0.39 is 5.97 Å². The quantitative estimate of drug-likeness (QED) is 0.773. The number of carboxylic acid groups (broad SMARTS) is 1. The number of ether oxygens (including phenoxy) is 1. The SMILES string of the molecule is Cc1nc(C(=O)N2CC(OCCCc3ccccc3)C2)ccc1C(=O)O. The molecule has 1 aliphatic rings. The fraction of sp³-hybridized carbons (Fsp3) is 0.350. The number of carboxylic acids is 1. The van der Waals surface area contributed by atoms with E-state index in [1.807, 2.05) is 18.2 Å². The van der Waals surface area contributed by atoms with Crippen molar-refractivity contribution in [2.45, 2.75) is 25.9 Å². The van der Waals surface area contributed by atoms with E-state index in [9.17, 15) is 9.59 Å². The second-order valence-electron chi connectivity index (χ2n) is 6.43. The minimum Gasteiger partial charge on any atom is -0.478 e. The Morgan fingerprint density at radius 3 is 2.58 bits per heavy atom. The summed E-state index contributed by atoms with van der Waals surface area (Å²) in [7, 11) is 0. The van der Waals surface area contributed by atoms with E-state index in [0.717, 1.165) is 12.8 Å². The Morgan fingerprint density at radius 1 is 1.19 bits per heavy atom. The molecule has 2 heterocycles. The number of nitrogens with zero attached hydrogens (tertiary/aromatic N) is 2. The average molecular weight is 354 g/mol. The molecule has 0 unspecified atom stereocenters. The summed E-state index contributed by atoms with van der Waals surface area (Å²) < 4.78 is 5.80. The summed E-state index contributed by atoms with van der Waals surface area (Å²) in [6.07, 6.45) is 2.00. The smallest absolute Gasteiger partial charge is 0.337 e. The van der Waals surface area contributed by atoms with Crippen molar-refractivity contribution in [1.82, 2.24) is 9.88 Å². The van der Waals surface area contributed by atoms with Crippen LogP contribution < -0.4 is 0 Å². The van der Waals surface area contributed by atoms with Gasteiger partial charge < -0.3 is 14.7 Å². The highest BCUT2D eigenvalue weighted by Crippen LogP contribution is 2.17. The van der Waals surface area contributed by atoms with Crippen molar-refractivity contribution in [3.05, 3.63) is 65.0 Å². The van der Waals surface area contributed by atoms with Crippen molar-refractivity contribution in [3.8, 4) is 0 Å². The number of amides is 1. The summed E-state index contributed by atoms with van der Waals surface area (Å²) in [4.78, 5) is 29.2. The lowest BCUT2D eigenvalue weighted by molar-refractivity contribution is -0.0431. The first-order valence-electron chi connectivity index (χ1n) is 8.70. The highest BCUT2D eigenvalue weighted by Gasteiger charge is 2.32. The van der Waals surface area contributed by atoms with E-state index in [2.05, 4.69) is 17.1 Å². The van der Waals surface area contributed by atoms with Gasteiger partial charge >= 0.3 is 5.97 Å². The van der Waals surface area contributed by atoms with E-state index in [0.29, 0.717) is 25.4 Å². The van der Waals surface area contributed by atoms with Gasteiger partial charge in [0.15, 0.2) is 0 Å². The summed E-state index contributed by atoms with van der Waals surface area (Å²) >= 11 is 0. The third kappa shape index (κ3) is 4.26. The summed E-state index contributed by atoms with van der Waals surface area (Å²) in [6.45, 7) is 3.36. The number of aryl methyl sites for hydroxylation is 2. The van der Waals surface area contributed by atoms with E-state index in [1.54, 1.807) is 11.8 Å². The molecule has 136 valence electrons. The lowest BCUT2D eigenvalue weighted by Crippen LogP contribution is -2.55. The number of carbonyl (C=O) groups is 2. The molecule has 0 spiro atoms. The molecule has 1 aromatic carbocycles. The van der Waals surface area contributed by atoms with E-state index in [1.165, 1.54) is 17.7 Å². The highest BCUT2D eigenvalue weighted by atomic mass is 16.5. The molecule has 1 saturated heterocycles. The molecular formula is C20H22N2O4. The van der Waals surface area contributed by atoms with Gasteiger partial charge in [0, 0.05) is 19.7 Å². The monoisotopic (exact) mass is 354 g/mol. The normalized spacial score (nSPS) is 14.1. The standard InChI is InChI=1S/C20H22N2O4/c1-14-17(20(24)25)9-10-18(21-14)19(23)22-12-16(13-22)26-11-5-8-15-6-3-2-4-7-15/h2-4,6-7,9-10,16H,5,8,11-13H2,1H3,(H,24,25). The molecule has 0 saturated carbocycles. The minimum atomic E-state index is -1.04. The van der Waals surface area contributed by atoms with Crippen molar-refractivity contribution >= 4 is 11.9 Å². The van der Waals surface area contributed by atoms with Crippen LogP contribution in [0.15, 0.2) is 42.5 Å². The van der Waals surface area contributed by atoms with Crippen LogP contribution in [-0.4, -0.2) is 52.7 Å². The number of benzene rings is 1. The zero-order valence-electron chi connectivity index (χ0n) is 14.7. The number of likely N-dealkylation sites (tertiary alicyclic amines) is 1. The Bertz CT molecular complexity index is 786. The molecule has 0 radical (unpaired) electrons. The molecule has 0 aliphatic carbocycles. The summed E-state index contributed by atoms with van der Waals surface area (Å²) in [5.74, 6) is -1.23. The van der Waals surface area contributed by atoms with Crippen LogP contribution >= 0.6 is 0 Å². The number of rotatable bonds is 7. The Hall–Kier alpha value is -2.73. The number of aromatic carboxylic acids is 1. The summed E-state index contributed by atoms with van der Waals surface area (Å²) in [5.41, 5.74) is 2.03. The van der Waals surface area contributed by atoms with Crippen LogP contribution in [0.5, 0.6) is 0 Å². The Morgan fingerprint density at radius 2 is 1.92 bits per heavy atom. The third-order valence-electron chi connectivity index (χ3n) is 4.48. The van der Waals surface area contributed by atoms with E-state index in [4.69, 9.17) is 9.84 Å². The molecule has 0 atom stereocenters. The van der Waals surface area contributed by atoms with Crippen LogP contribution in [0.1, 0.15) is 38.5 Å². The van der Waals surface area contributed by atoms with Gasteiger partial charge in [0.2, 0.25) is 0 Å². The van der Waals surface area contributed by atoms with Crippen LogP contribution in [0, 0.1) is 6.92 Å². The lowest BCUT2D eigenvalue weighted by atomic mass is 10.1. The predicted octanol–water partition coefficient (Wildman–Crippen LogP) is 2.56. The summed E-state index contributed by atoms with van der Waals surface area (Å²) in [5, 5.41) is 9.02. The predicted molar refractivity (Wildman–Crippen MR) is 96.3 cm³/mol. The molecule has 1 aliphatic heterocycles.